The number of aromatic nitrogens is 2. The van der Waals surface area contributed by atoms with E-state index in [2.05, 4.69) is 20.5 Å². The molecule has 0 aromatic carbocycles. The van der Waals surface area contributed by atoms with E-state index in [0.717, 1.165) is 0 Å². The summed E-state index contributed by atoms with van der Waals surface area (Å²) in [7, 11) is 0. The van der Waals surface area contributed by atoms with Crippen molar-refractivity contribution >= 4 is 18.0 Å². The summed E-state index contributed by atoms with van der Waals surface area (Å²) in [6.45, 7) is 0. The lowest BCUT2D eigenvalue weighted by Gasteiger charge is -2.02. The molecule has 0 spiro atoms. The first-order chi connectivity index (χ1) is 10.2. The van der Waals surface area contributed by atoms with Gasteiger partial charge in [0.15, 0.2) is 0 Å². The molecule has 0 aliphatic heterocycles. The number of hydrogen-bond donors (Lipinski definition) is 3. The van der Waals surface area contributed by atoms with Gasteiger partial charge in [-0.2, -0.15) is 5.10 Å². The third-order valence-corrected chi connectivity index (χ3v) is 2.40. The van der Waals surface area contributed by atoms with Crippen LogP contribution in [0.1, 0.15) is 26.7 Å². The first kappa shape index (κ1) is 14.3. The van der Waals surface area contributed by atoms with Crippen LogP contribution >= 0.6 is 0 Å². The summed E-state index contributed by atoms with van der Waals surface area (Å²) in [5.74, 6) is 3.88. The van der Waals surface area contributed by atoms with Gasteiger partial charge >= 0.3 is 0 Å². The normalized spacial score (nSPS) is 10.3. The van der Waals surface area contributed by atoms with Crippen molar-refractivity contribution in [2.75, 3.05) is 0 Å². The van der Waals surface area contributed by atoms with Gasteiger partial charge in [-0.05, 0) is 24.3 Å². The van der Waals surface area contributed by atoms with Crippen molar-refractivity contribution in [2.24, 2.45) is 10.9 Å². The highest BCUT2D eigenvalue weighted by atomic mass is 16.2. The lowest BCUT2D eigenvalue weighted by Crippen LogP contribution is -2.31. The van der Waals surface area contributed by atoms with E-state index >= 15 is 0 Å². The zero-order valence-corrected chi connectivity index (χ0v) is 10.9. The first-order valence-corrected chi connectivity index (χ1v) is 5.93. The number of rotatable bonds is 4. The maximum absolute atomic E-state index is 11.8. The van der Waals surface area contributed by atoms with Crippen molar-refractivity contribution in [1.29, 1.82) is 0 Å². The molecule has 0 aliphatic rings. The van der Waals surface area contributed by atoms with E-state index in [1.807, 2.05) is 5.43 Å². The smallest absolute Gasteiger partial charge is 0.289 e. The van der Waals surface area contributed by atoms with Crippen LogP contribution in [0.25, 0.3) is 0 Å². The summed E-state index contributed by atoms with van der Waals surface area (Å²) < 4.78 is 0. The summed E-state index contributed by atoms with van der Waals surface area (Å²) in [5, 5.41) is 3.76. The van der Waals surface area contributed by atoms with Gasteiger partial charge in [-0.1, -0.05) is 12.1 Å². The Morgan fingerprint density at radius 1 is 1.10 bits per heavy atom. The number of pyridine rings is 2. The third-order valence-electron chi connectivity index (χ3n) is 2.40. The number of hydrogen-bond acceptors (Lipinski definition) is 6. The van der Waals surface area contributed by atoms with Gasteiger partial charge in [0.05, 0.1) is 11.9 Å². The van der Waals surface area contributed by atoms with Crippen LogP contribution in [0.15, 0.2) is 47.7 Å². The van der Waals surface area contributed by atoms with Crippen LogP contribution < -0.4 is 16.7 Å². The molecule has 106 valence electrons. The maximum atomic E-state index is 11.8. The predicted molar refractivity (Wildman–Crippen MR) is 75.2 cm³/mol. The lowest BCUT2D eigenvalue weighted by molar-refractivity contribution is 0.0945. The minimum Gasteiger partial charge on any atom is -0.289 e. The van der Waals surface area contributed by atoms with E-state index in [1.54, 1.807) is 24.4 Å². The Balaban J connectivity index is 2.04. The highest BCUT2D eigenvalue weighted by molar-refractivity contribution is 5.96. The molecule has 0 fully saturated rings. The van der Waals surface area contributed by atoms with Crippen LogP contribution in [0.3, 0.4) is 0 Å². The minimum absolute atomic E-state index is 0.0406. The van der Waals surface area contributed by atoms with Crippen molar-refractivity contribution in [2.45, 2.75) is 0 Å². The molecule has 0 unspecified atom stereocenters. The first-order valence-electron chi connectivity index (χ1n) is 5.93. The summed E-state index contributed by atoms with van der Waals surface area (Å²) in [4.78, 5) is 31.0. The van der Waals surface area contributed by atoms with Crippen LogP contribution in [-0.4, -0.2) is 28.0 Å². The molecule has 8 heteroatoms. The van der Waals surface area contributed by atoms with Crippen LogP contribution in [0.4, 0.5) is 0 Å². The number of hydrazone groups is 1. The zero-order chi connectivity index (χ0) is 15.1. The fourth-order valence-electron chi connectivity index (χ4n) is 1.43. The average molecular weight is 284 g/mol. The Hall–Kier alpha value is -3.13. The van der Waals surface area contributed by atoms with E-state index in [-0.39, 0.29) is 11.4 Å². The van der Waals surface area contributed by atoms with Gasteiger partial charge in [0, 0.05) is 6.20 Å². The van der Waals surface area contributed by atoms with Crippen molar-refractivity contribution < 1.29 is 9.59 Å². The topological polar surface area (TPSA) is 122 Å². The number of hydrazine groups is 1. The second kappa shape index (κ2) is 6.87. The Morgan fingerprint density at radius 3 is 2.52 bits per heavy atom. The molecular weight excluding hydrogens is 272 g/mol. The minimum atomic E-state index is -0.582. The predicted octanol–water partition coefficient (Wildman–Crippen LogP) is -0.156. The highest BCUT2D eigenvalue weighted by Crippen LogP contribution is 1.99. The molecule has 21 heavy (non-hydrogen) atoms. The van der Waals surface area contributed by atoms with E-state index in [0.29, 0.717) is 5.69 Å². The Kier molecular flexibility index (Phi) is 4.67. The largest absolute Gasteiger partial charge is 0.289 e. The van der Waals surface area contributed by atoms with Gasteiger partial charge in [0.2, 0.25) is 0 Å². The lowest BCUT2D eigenvalue weighted by atomic mass is 10.3. The van der Waals surface area contributed by atoms with Gasteiger partial charge in [-0.25, -0.2) is 16.3 Å². The Labute approximate surface area is 120 Å². The molecule has 0 bridgehead atoms. The van der Waals surface area contributed by atoms with Crippen molar-refractivity contribution in [3.05, 3.63) is 59.7 Å². The van der Waals surface area contributed by atoms with Crippen molar-refractivity contribution in [3.8, 4) is 0 Å². The number of nitrogen functional groups attached to an aromatic ring is 1. The fourth-order valence-corrected chi connectivity index (χ4v) is 1.43. The second-order valence-corrected chi connectivity index (χ2v) is 3.84. The summed E-state index contributed by atoms with van der Waals surface area (Å²) in [6.07, 6.45) is 3.01. The molecule has 0 saturated heterocycles. The average Bonchev–Trinajstić information content (AvgIpc) is 2.55. The Bertz CT molecular complexity index is 671. The molecule has 8 nitrogen and oxygen atoms in total. The van der Waals surface area contributed by atoms with Gasteiger partial charge in [-0.15, -0.1) is 0 Å². The van der Waals surface area contributed by atoms with E-state index in [4.69, 9.17) is 5.84 Å². The molecule has 2 heterocycles. The van der Waals surface area contributed by atoms with E-state index < -0.39 is 11.8 Å². The molecule has 0 saturated carbocycles. The third kappa shape index (κ3) is 3.91. The fraction of sp³-hybridized carbons (Fsp3) is 0. The van der Waals surface area contributed by atoms with Crippen LogP contribution in [0.2, 0.25) is 0 Å². The number of nitrogens with two attached hydrogens (primary N) is 1. The Morgan fingerprint density at radius 2 is 1.86 bits per heavy atom. The number of carbonyl (C=O) groups excluding carboxylic acids is 2. The number of nitrogens with zero attached hydrogens (tertiary/aromatic N) is 3. The van der Waals surface area contributed by atoms with Gasteiger partial charge in [0.25, 0.3) is 11.8 Å². The number of amides is 2. The molecule has 2 amide bonds. The molecule has 0 atom stereocenters. The molecular formula is C13H12N6O2. The van der Waals surface area contributed by atoms with Gasteiger partial charge in [-0.3, -0.25) is 20.0 Å². The number of carbonyl (C=O) groups is 2. The molecule has 2 aromatic heterocycles. The van der Waals surface area contributed by atoms with Crippen LogP contribution in [0.5, 0.6) is 0 Å². The second-order valence-electron chi connectivity index (χ2n) is 3.84. The molecule has 0 aliphatic carbocycles. The molecule has 2 rings (SSSR count). The highest BCUT2D eigenvalue weighted by Gasteiger charge is 2.10. The summed E-state index contributed by atoms with van der Waals surface area (Å²) >= 11 is 0. The standard InChI is InChI=1S/C13H12N6O2/c14-18-12(20)10-5-3-6-11(17-10)13(21)19-16-8-9-4-1-2-7-15-9/h1-8H,14H2,(H,18,20)(H,19,21). The summed E-state index contributed by atoms with van der Waals surface area (Å²) in [5.41, 5.74) is 4.93. The number of nitrogens with one attached hydrogen (secondary N) is 2. The van der Waals surface area contributed by atoms with Crippen LogP contribution in [-0.2, 0) is 0 Å². The molecule has 4 N–H and O–H groups in total. The molecule has 0 radical (unpaired) electrons. The summed E-state index contributed by atoms with van der Waals surface area (Å²) in [6, 6.07) is 9.73. The van der Waals surface area contributed by atoms with Crippen molar-refractivity contribution in [1.82, 2.24) is 20.8 Å². The van der Waals surface area contributed by atoms with Crippen LogP contribution in [0, 0.1) is 0 Å². The SMILES string of the molecule is NNC(=O)c1cccc(C(=O)NN=Cc2ccccn2)n1. The van der Waals surface area contributed by atoms with Gasteiger partial charge < -0.3 is 0 Å². The zero-order valence-electron chi connectivity index (χ0n) is 10.9. The van der Waals surface area contributed by atoms with Gasteiger partial charge in [0.1, 0.15) is 11.4 Å². The monoisotopic (exact) mass is 284 g/mol. The van der Waals surface area contributed by atoms with Crippen molar-refractivity contribution in [3.63, 3.8) is 0 Å². The van der Waals surface area contributed by atoms with E-state index in [1.165, 1.54) is 24.4 Å². The van der Waals surface area contributed by atoms with E-state index in [9.17, 15) is 9.59 Å². The molecule has 2 aromatic rings. The quantitative estimate of drug-likeness (QED) is 0.312. The maximum Gasteiger partial charge on any atom is 0.289 e.